The van der Waals surface area contributed by atoms with Gasteiger partial charge in [0, 0.05) is 12.8 Å². The topological polar surface area (TPSA) is 72.8 Å². The summed E-state index contributed by atoms with van der Waals surface area (Å²) in [6.45, 7) is 8.84. The lowest BCUT2D eigenvalue weighted by molar-refractivity contribution is -0.152. The van der Waals surface area contributed by atoms with Crippen LogP contribution in [-0.2, 0) is 19.1 Å². The molecule has 5 nitrogen and oxygen atoms in total. The number of ether oxygens (including phenoxy) is 2. The second-order valence-corrected chi connectivity index (χ2v) is 10.8. The average molecular weight is 485 g/mol. The zero-order valence-electron chi connectivity index (χ0n) is 23.0. The molecule has 0 rings (SSSR count). The summed E-state index contributed by atoms with van der Waals surface area (Å²) in [5.41, 5.74) is 0. The lowest BCUT2D eigenvalue weighted by Crippen LogP contribution is -2.25. The number of carbonyl (C=O) groups is 2. The minimum absolute atomic E-state index is 0.112. The number of rotatable bonds is 24. The van der Waals surface area contributed by atoms with Crippen molar-refractivity contribution >= 4 is 11.9 Å². The lowest BCUT2D eigenvalue weighted by atomic mass is 10.0. The van der Waals surface area contributed by atoms with Crippen LogP contribution in [0.4, 0.5) is 0 Å². The summed E-state index contributed by atoms with van der Waals surface area (Å²) >= 11 is 0. The van der Waals surface area contributed by atoms with E-state index in [1.165, 1.54) is 64.2 Å². The van der Waals surface area contributed by atoms with Gasteiger partial charge in [0.1, 0.15) is 19.3 Å². The minimum Gasteiger partial charge on any atom is -0.463 e. The molecule has 5 heteroatoms. The van der Waals surface area contributed by atoms with E-state index in [1.807, 2.05) is 0 Å². The van der Waals surface area contributed by atoms with E-state index in [1.54, 1.807) is 0 Å². The fraction of sp³-hybridized carbons (Fsp3) is 0.931. The highest BCUT2D eigenvalue weighted by atomic mass is 16.6. The van der Waals surface area contributed by atoms with Crippen molar-refractivity contribution in [3.8, 4) is 0 Å². The molecule has 0 saturated carbocycles. The van der Waals surface area contributed by atoms with Gasteiger partial charge in [0.05, 0.1) is 0 Å². The second kappa shape index (κ2) is 23.6. The Morgan fingerprint density at radius 3 is 1.15 bits per heavy atom. The molecule has 0 unspecified atom stereocenters. The predicted octanol–water partition coefficient (Wildman–Crippen LogP) is 7.77. The first-order valence-corrected chi connectivity index (χ1v) is 14.3. The molecule has 0 heterocycles. The molecule has 0 aromatic rings. The molecule has 0 aliphatic carbocycles. The molecule has 0 radical (unpaired) electrons. The van der Waals surface area contributed by atoms with Gasteiger partial charge in [-0.15, -0.1) is 0 Å². The number of aliphatic hydroxyl groups is 1. The molecule has 0 aromatic carbocycles. The van der Waals surface area contributed by atoms with Gasteiger partial charge in [0.2, 0.25) is 0 Å². The van der Waals surface area contributed by atoms with Crippen LogP contribution in [0.15, 0.2) is 0 Å². The van der Waals surface area contributed by atoms with Crippen LogP contribution in [0.2, 0.25) is 0 Å². The first kappa shape index (κ1) is 32.9. The first-order chi connectivity index (χ1) is 16.3. The highest BCUT2D eigenvalue weighted by Gasteiger charge is 2.12. The van der Waals surface area contributed by atoms with Crippen LogP contribution >= 0.6 is 0 Å². The van der Waals surface area contributed by atoms with Gasteiger partial charge >= 0.3 is 11.9 Å². The molecular weight excluding hydrogens is 428 g/mol. The Balaban J connectivity index is 3.46. The minimum atomic E-state index is -0.954. The van der Waals surface area contributed by atoms with Gasteiger partial charge in [-0.25, -0.2) is 0 Å². The van der Waals surface area contributed by atoms with Crippen molar-refractivity contribution in [1.82, 2.24) is 0 Å². The number of esters is 2. The molecule has 0 aliphatic rings. The standard InChI is InChI=1S/C29H56O5/c1-25(2)19-15-11-7-5-6-8-13-17-21-28(31)33-23-27(30)24-34-29(32)22-18-14-10-9-12-16-20-26(3)4/h25-27,30H,5-24H2,1-4H3/t27-/m0/s1. The summed E-state index contributed by atoms with van der Waals surface area (Å²) in [6.07, 6.45) is 18.8. The normalized spacial score (nSPS) is 12.3. The van der Waals surface area contributed by atoms with Gasteiger partial charge < -0.3 is 14.6 Å². The Hall–Kier alpha value is -1.10. The predicted molar refractivity (Wildman–Crippen MR) is 141 cm³/mol. The van der Waals surface area contributed by atoms with E-state index in [-0.39, 0.29) is 25.2 Å². The number of hydrogen-bond acceptors (Lipinski definition) is 5. The van der Waals surface area contributed by atoms with Crippen molar-refractivity contribution < 1.29 is 24.2 Å². The Labute approximate surface area is 210 Å². The van der Waals surface area contributed by atoms with E-state index in [0.717, 1.165) is 50.4 Å². The SMILES string of the molecule is CC(C)CCCCCCCCCCC(=O)OC[C@H](O)COC(=O)CCCCCCCCC(C)C. The zero-order valence-corrected chi connectivity index (χ0v) is 23.0. The van der Waals surface area contributed by atoms with E-state index in [9.17, 15) is 14.7 Å². The maximum atomic E-state index is 11.8. The number of aliphatic hydroxyl groups excluding tert-OH is 1. The van der Waals surface area contributed by atoms with Crippen LogP contribution < -0.4 is 0 Å². The molecule has 0 aliphatic heterocycles. The van der Waals surface area contributed by atoms with E-state index in [2.05, 4.69) is 27.7 Å². The highest BCUT2D eigenvalue weighted by molar-refractivity contribution is 5.69. The van der Waals surface area contributed by atoms with Crippen molar-refractivity contribution in [2.45, 2.75) is 149 Å². The van der Waals surface area contributed by atoms with Crippen LogP contribution in [0, 0.1) is 11.8 Å². The molecular formula is C29H56O5. The largest absolute Gasteiger partial charge is 0.463 e. The zero-order chi connectivity index (χ0) is 25.4. The van der Waals surface area contributed by atoms with Crippen molar-refractivity contribution in [1.29, 1.82) is 0 Å². The van der Waals surface area contributed by atoms with Gasteiger partial charge in [-0.1, -0.05) is 118 Å². The highest BCUT2D eigenvalue weighted by Crippen LogP contribution is 2.14. The van der Waals surface area contributed by atoms with Gasteiger partial charge in [-0.05, 0) is 24.7 Å². The summed E-state index contributed by atoms with van der Waals surface area (Å²) < 4.78 is 10.2. The van der Waals surface area contributed by atoms with Gasteiger partial charge in [-0.3, -0.25) is 9.59 Å². The molecule has 0 aromatic heterocycles. The summed E-state index contributed by atoms with van der Waals surface area (Å²) in [7, 11) is 0. The van der Waals surface area contributed by atoms with E-state index >= 15 is 0 Å². The summed E-state index contributed by atoms with van der Waals surface area (Å²) in [5, 5.41) is 9.88. The number of hydrogen-bond donors (Lipinski definition) is 1. The Morgan fingerprint density at radius 1 is 0.529 bits per heavy atom. The summed E-state index contributed by atoms with van der Waals surface area (Å²) in [5.74, 6) is 1.02. The fourth-order valence-electron chi connectivity index (χ4n) is 3.98. The second-order valence-electron chi connectivity index (χ2n) is 10.8. The summed E-state index contributed by atoms with van der Waals surface area (Å²) in [4.78, 5) is 23.6. The van der Waals surface area contributed by atoms with E-state index in [0.29, 0.717) is 12.8 Å². The Kier molecular flexibility index (Phi) is 22.9. The van der Waals surface area contributed by atoms with Crippen LogP contribution in [0.3, 0.4) is 0 Å². The Bertz CT molecular complexity index is 475. The molecule has 0 bridgehead atoms. The molecule has 1 N–H and O–H groups in total. The van der Waals surface area contributed by atoms with Crippen molar-refractivity contribution in [2.24, 2.45) is 11.8 Å². The lowest BCUT2D eigenvalue weighted by Gasteiger charge is -2.12. The molecule has 202 valence electrons. The molecule has 0 amide bonds. The van der Waals surface area contributed by atoms with E-state index < -0.39 is 6.10 Å². The number of carbonyl (C=O) groups excluding carboxylic acids is 2. The summed E-state index contributed by atoms with van der Waals surface area (Å²) in [6, 6.07) is 0. The van der Waals surface area contributed by atoms with Crippen LogP contribution in [0.1, 0.15) is 143 Å². The van der Waals surface area contributed by atoms with Gasteiger partial charge in [-0.2, -0.15) is 0 Å². The van der Waals surface area contributed by atoms with Crippen LogP contribution in [0.5, 0.6) is 0 Å². The van der Waals surface area contributed by atoms with Crippen molar-refractivity contribution in [3.05, 3.63) is 0 Å². The molecule has 0 spiro atoms. The third-order valence-electron chi connectivity index (χ3n) is 6.20. The van der Waals surface area contributed by atoms with Gasteiger partial charge in [0.25, 0.3) is 0 Å². The monoisotopic (exact) mass is 484 g/mol. The maximum Gasteiger partial charge on any atom is 0.305 e. The van der Waals surface area contributed by atoms with Gasteiger partial charge in [0.15, 0.2) is 0 Å². The van der Waals surface area contributed by atoms with Crippen LogP contribution in [-0.4, -0.2) is 36.4 Å². The van der Waals surface area contributed by atoms with Crippen molar-refractivity contribution in [2.75, 3.05) is 13.2 Å². The third kappa shape index (κ3) is 25.5. The fourth-order valence-corrected chi connectivity index (χ4v) is 3.98. The quantitative estimate of drug-likeness (QED) is 0.112. The Morgan fingerprint density at radius 2 is 0.824 bits per heavy atom. The van der Waals surface area contributed by atoms with Crippen LogP contribution in [0.25, 0.3) is 0 Å². The molecule has 0 saturated heterocycles. The molecule has 34 heavy (non-hydrogen) atoms. The first-order valence-electron chi connectivity index (χ1n) is 14.3. The smallest absolute Gasteiger partial charge is 0.305 e. The molecule has 1 atom stereocenters. The average Bonchev–Trinajstić information content (AvgIpc) is 2.78. The molecule has 0 fully saturated rings. The van der Waals surface area contributed by atoms with E-state index in [4.69, 9.17) is 9.47 Å². The maximum absolute atomic E-state index is 11.8. The number of unbranched alkanes of at least 4 members (excludes halogenated alkanes) is 12. The van der Waals surface area contributed by atoms with Crippen molar-refractivity contribution in [3.63, 3.8) is 0 Å². The third-order valence-corrected chi connectivity index (χ3v) is 6.20.